The summed E-state index contributed by atoms with van der Waals surface area (Å²) in [7, 11) is 0. The molecule has 0 bridgehead atoms. The van der Waals surface area contributed by atoms with E-state index >= 15 is 0 Å². The fraction of sp³-hybridized carbons (Fsp3) is 0.412. The molecular formula is C17H19N3O. The van der Waals surface area contributed by atoms with Crippen molar-refractivity contribution in [3.63, 3.8) is 0 Å². The summed E-state index contributed by atoms with van der Waals surface area (Å²) in [6.07, 6.45) is 8.15. The van der Waals surface area contributed by atoms with E-state index in [-0.39, 0.29) is 11.9 Å². The van der Waals surface area contributed by atoms with Crippen molar-refractivity contribution in [2.24, 2.45) is 0 Å². The van der Waals surface area contributed by atoms with Gasteiger partial charge in [0, 0.05) is 11.4 Å². The van der Waals surface area contributed by atoms with Crippen molar-refractivity contribution >= 4 is 11.6 Å². The Morgan fingerprint density at radius 1 is 1.14 bits per heavy atom. The van der Waals surface area contributed by atoms with Gasteiger partial charge in [0.05, 0.1) is 12.0 Å². The Morgan fingerprint density at radius 3 is 2.95 bits per heavy atom. The molecule has 2 aromatic rings. The van der Waals surface area contributed by atoms with Crippen LogP contribution in [-0.2, 0) is 24.1 Å². The third-order valence-corrected chi connectivity index (χ3v) is 4.66. The van der Waals surface area contributed by atoms with Gasteiger partial charge in [-0.15, -0.1) is 0 Å². The first kappa shape index (κ1) is 12.6. The molecule has 0 radical (unpaired) electrons. The molecule has 0 saturated heterocycles. The average Bonchev–Trinajstić information content (AvgIpc) is 2.85. The zero-order valence-electron chi connectivity index (χ0n) is 12.0. The molecule has 2 heterocycles. The highest BCUT2D eigenvalue weighted by Gasteiger charge is 2.28. The molecule has 1 N–H and O–H groups in total. The molecule has 4 nitrogen and oxygen atoms in total. The second kappa shape index (κ2) is 5.02. The smallest absolute Gasteiger partial charge is 0.247 e. The zero-order valence-corrected chi connectivity index (χ0v) is 12.0. The van der Waals surface area contributed by atoms with Crippen molar-refractivity contribution in [2.45, 2.75) is 44.6 Å². The second-order valence-electron chi connectivity index (χ2n) is 5.95. The van der Waals surface area contributed by atoms with Crippen LogP contribution in [0.15, 0.2) is 30.6 Å². The summed E-state index contributed by atoms with van der Waals surface area (Å²) in [5, 5.41) is 3.08. The van der Waals surface area contributed by atoms with E-state index in [1.807, 2.05) is 24.5 Å². The van der Waals surface area contributed by atoms with E-state index in [0.29, 0.717) is 0 Å². The van der Waals surface area contributed by atoms with Crippen molar-refractivity contribution in [1.29, 1.82) is 0 Å². The van der Waals surface area contributed by atoms with Gasteiger partial charge >= 0.3 is 0 Å². The van der Waals surface area contributed by atoms with Crippen molar-refractivity contribution in [1.82, 2.24) is 9.55 Å². The van der Waals surface area contributed by atoms with Crippen molar-refractivity contribution in [2.75, 3.05) is 5.32 Å². The van der Waals surface area contributed by atoms with E-state index in [9.17, 15) is 4.79 Å². The minimum absolute atomic E-state index is 0.0886. The summed E-state index contributed by atoms with van der Waals surface area (Å²) in [4.78, 5) is 17.1. The highest BCUT2D eigenvalue weighted by molar-refractivity contribution is 5.95. The molecule has 0 spiro atoms. The van der Waals surface area contributed by atoms with Crippen LogP contribution in [0.3, 0.4) is 0 Å². The number of aryl methyl sites for hydroxylation is 2. The zero-order chi connectivity index (χ0) is 14.2. The second-order valence-corrected chi connectivity index (χ2v) is 5.95. The van der Waals surface area contributed by atoms with E-state index in [2.05, 4.69) is 20.9 Å². The van der Waals surface area contributed by atoms with Crippen LogP contribution in [0, 0.1) is 0 Å². The van der Waals surface area contributed by atoms with Crippen LogP contribution in [0.2, 0.25) is 0 Å². The van der Waals surface area contributed by atoms with Crippen LogP contribution in [0.5, 0.6) is 0 Å². The minimum atomic E-state index is -0.133. The first-order valence-corrected chi connectivity index (χ1v) is 7.76. The average molecular weight is 281 g/mol. The number of rotatable bonds is 1. The number of nitrogens with one attached hydrogen (secondary N) is 1. The molecule has 1 amide bonds. The lowest BCUT2D eigenvalue weighted by molar-refractivity contribution is -0.119. The summed E-state index contributed by atoms with van der Waals surface area (Å²) < 4.78 is 2.12. The van der Waals surface area contributed by atoms with Gasteiger partial charge in [0.15, 0.2) is 0 Å². The summed E-state index contributed by atoms with van der Waals surface area (Å²) >= 11 is 0. The lowest BCUT2D eigenvalue weighted by atomic mass is 10.00. The number of fused-ring (bicyclic) bond motifs is 2. The quantitative estimate of drug-likeness (QED) is 0.873. The van der Waals surface area contributed by atoms with Crippen molar-refractivity contribution in [3.05, 3.63) is 47.5 Å². The van der Waals surface area contributed by atoms with Gasteiger partial charge in [0.25, 0.3) is 0 Å². The monoisotopic (exact) mass is 281 g/mol. The topological polar surface area (TPSA) is 46.9 Å². The Kier molecular flexibility index (Phi) is 3.02. The van der Waals surface area contributed by atoms with Crippen LogP contribution in [0.4, 0.5) is 5.69 Å². The maximum Gasteiger partial charge on any atom is 0.247 e. The molecule has 108 valence electrons. The van der Waals surface area contributed by atoms with E-state index in [1.165, 1.54) is 29.8 Å². The van der Waals surface area contributed by atoms with Gasteiger partial charge in [-0.2, -0.15) is 0 Å². The van der Waals surface area contributed by atoms with Gasteiger partial charge in [-0.05, 0) is 50.2 Å². The van der Waals surface area contributed by atoms with E-state index in [0.717, 1.165) is 31.4 Å². The molecule has 1 atom stereocenters. The molecule has 0 saturated carbocycles. The van der Waals surface area contributed by atoms with Crippen LogP contribution in [0.1, 0.15) is 42.3 Å². The van der Waals surface area contributed by atoms with Gasteiger partial charge in [-0.3, -0.25) is 4.79 Å². The molecule has 1 aromatic carbocycles. The number of carbonyl (C=O) groups is 1. The number of amides is 1. The Balaban J connectivity index is 1.68. The van der Waals surface area contributed by atoms with Crippen LogP contribution < -0.4 is 5.32 Å². The largest absolute Gasteiger partial charge is 0.324 e. The molecule has 21 heavy (non-hydrogen) atoms. The molecule has 1 unspecified atom stereocenters. The fourth-order valence-electron chi connectivity index (χ4n) is 3.53. The molecule has 4 heteroatoms. The van der Waals surface area contributed by atoms with Crippen molar-refractivity contribution < 1.29 is 4.79 Å². The van der Waals surface area contributed by atoms with Gasteiger partial charge in [0.1, 0.15) is 6.04 Å². The standard InChI is InChI=1S/C17H19N3O/c21-17-16(10-9-12-5-1-2-6-13(12)19-17)20-11-18-14-7-3-4-8-15(14)20/h1-2,5-6,11,16H,3-4,7-10H2,(H,19,21). The maximum atomic E-state index is 12.6. The third-order valence-electron chi connectivity index (χ3n) is 4.66. The number of para-hydroxylation sites is 1. The lowest BCUT2D eigenvalue weighted by Gasteiger charge is -2.20. The maximum absolute atomic E-state index is 12.6. The Bertz CT molecular complexity index is 689. The summed E-state index contributed by atoms with van der Waals surface area (Å²) in [5.74, 6) is 0.0886. The number of imidazole rings is 1. The van der Waals surface area contributed by atoms with E-state index < -0.39 is 0 Å². The molecule has 0 fully saturated rings. The SMILES string of the molecule is O=C1Nc2ccccc2CCC1n1cnc2c1CCCC2. The molecule has 1 aliphatic heterocycles. The highest BCUT2D eigenvalue weighted by atomic mass is 16.2. The van der Waals surface area contributed by atoms with Gasteiger partial charge in [-0.1, -0.05) is 18.2 Å². The summed E-state index contributed by atoms with van der Waals surface area (Å²) in [6.45, 7) is 0. The van der Waals surface area contributed by atoms with Gasteiger partial charge in [0.2, 0.25) is 5.91 Å². The van der Waals surface area contributed by atoms with Gasteiger partial charge < -0.3 is 9.88 Å². The Labute approximate surface area is 124 Å². The first-order valence-electron chi connectivity index (χ1n) is 7.76. The normalized spacial score (nSPS) is 21.1. The number of benzene rings is 1. The van der Waals surface area contributed by atoms with Gasteiger partial charge in [-0.25, -0.2) is 4.98 Å². The number of anilines is 1. The minimum Gasteiger partial charge on any atom is -0.324 e. The number of hydrogen-bond acceptors (Lipinski definition) is 2. The van der Waals surface area contributed by atoms with Crippen LogP contribution in [0.25, 0.3) is 0 Å². The van der Waals surface area contributed by atoms with Crippen LogP contribution in [-0.4, -0.2) is 15.5 Å². The van der Waals surface area contributed by atoms with Crippen molar-refractivity contribution in [3.8, 4) is 0 Å². The molecule has 2 aliphatic rings. The van der Waals surface area contributed by atoms with Crippen LogP contribution >= 0.6 is 0 Å². The molecule has 1 aromatic heterocycles. The highest BCUT2D eigenvalue weighted by Crippen LogP contribution is 2.30. The number of aromatic nitrogens is 2. The molecule has 4 rings (SSSR count). The van der Waals surface area contributed by atoms with E-state index in [1.54, 1.807) is 0 Å². The number of carbonyl (C=O) groups excluding carboxylic acids is 1. The number of nitrogens with zero attached hydrogens (tertiary/aromatic N) is 2. The predicted molar refractivity (Wildman–Crippen MR) is 81.3 cm³/mol. The predicted octanol–water partition coefficient (Wildman–Crippen LogP) is 2.89. The molecule has 1 aliphatic carbocycles. The summed E-state index contributed by atoms with van der Waals surface area (Å²) in [5.41, 5.74) is 4.64. The third kappa shape index (κ3) is 2.15. The van der Waals surface area contributed by atoms with E-state index in [4.69, 9.17) is 0 Å². The Hall–Kier alpha value is -2.10. The molecular weight excluding hydrogens is 262 g/mol. The number of hydrogen-bond donors (Lipinski definition) is 1. The summed E-state index contributed by atoms with van der Waals surface area (Å²) in [6, 6.07) is 7.95. The Morgan fingerprint density at radius 2 is 2.00 bits per heavy atom. The lowest BCUT2D eigenvalue weighted by Crippen LogP contribution is -2.26. The fourth-order valence-corrected chi connectivity index (χ4v) is 3.53. The first-order chi connectivity index (χ1) is 10.3.